The van der Waals surface area contributed by atoms with E-state index in [1.807, 2.05) is 0 Å². The molecule has 23 heavy (non-hydrogen) atoms. The van der Waals surface area contributed by atoms with Crippen molar-refractivity contribution >= 4 is 23.3 Å². The molecule has 0 fully saturated rings. The highest BCUT2D eigenvalue weighted by molar-refractivity contribution is 6.31. The van der Waals surface area contributed by atoms with Gasteiger partial charge in [0.15, 0.2) is 0 Å². The molecule has 9 heteroatoms. The molecule has 122 valence electrons. The fourth-order valence-electron chi connectivity index (χ4n) is 2.04. The van der Waals surface area contributed by atoms with Crippen molar-refractivity contribution in [2.45, 2.75) is 13.5 Å². The van der Waals surface area contributed by atoms with E-state index < -0.39 is 4.92 Å². The van der Waals surface area contributed by atoms with Crippen LogP contribution in [0.3, 0.4) is 0 Å². The number of hydrogen-bond donors (Lipinski definition) is 1. The van der Waals surface area contributed by atoms with Gasteiger partial charge in [-0.2, -0.15) is 4.68 Å². The number of amides is 1. The second-order valence-electron chi connectivity index (χ2n) is 4.72. The summed E-state index contributed by atoms with van der Waals surface area (Å²) in [6, 6.07) is 6.13. The Morgan fingerprint density at radius 2 is 2.22 bits per heavy atom. The molecule has 1 amide bonds. The molecule has 0 atom stereocenters. The predicted octanol–water partition coefficient (Wildman–Crippen LogP) is 2.19. The van der Waals surface area contributed by atoms with Crippen molar-refractivity contribution < 1.29 is 14.5 Å². The Labute approximate surface area is 137 Å². The number of rotatable bonds is 6. The molecule has 0 aliphatic rings. The first-order valence-electron chi connectivity index (χ1n) is 6.73. The first kappa shape index (κ1) is 16.8. The van der Waals surface area contributed by atoms with Crippen LogP contribution in [0, 0.1) is 17.0 Å². The summed E-state index contributed by atoms with van der Waals surface area (Å²) in [7, 11) is 1.46. The van der Waals surface area contributed by atoms with E-state index in [0.29, 0.717) is 28.6 Å². The van der Waals surface area contributed by atoms with Crippen LogP contribution in [-0.4, -0.2) is 34.3 Å². The minimum Gasteiger partial charge on any atom is -0.496 e. The lowest BCUT2D eigenvalue weighted by Gasteiger charge is -2.09. The van der Waals surface area contributed by atoms with Gasteiger partial charge in [0.2, 0.25) is 0 Å². The molecule has 0 spiro atoms. The lowest BCUT2D eigenvalue weighted by atomic mass is 10.2. The number of aromatic nitrogens is 2. The third-order valence-electron chi connectivity index (χ3n) is 3.17. The number of nitrogens with one attached hydrogen (secondary N) is 1. The van der Waals surface area contributed by atoms with Crippen LogP contribution in [0.25, 0.3) is 0 Å². The number of halogens is 1. The van der Waals surface area contributed by atoms with Gasteiger partial charge in [-0.05, 0) is 30.0 Å². The molecule has 0 aliphatic carbocycles. The smallest absolute Gasteiger partial charge is 0.390 e. The molecule has 0 radical (unpaired) electrons. The summed E-state index contributed by atoms with van der Waals surface area (Å²) in [5.74, 6) is -0.146. The van der Waals surface area contributed by atoms with E-state index in [2.05, 4.69) is 10.4 Å². The number of ether oxygens (including phenoxy) is 1. The van der Waals surface area contributed by atoms with E-state index in [0.717, 1.165) is 0 Å². The van der Waals surface area contributed by atoms with E-state index in [-0.39, 0.29) is 18.3 Å². The average molecular weight is 339 g/mol. The van der Waals surface area contributed by atoms with Crippen LogP contribution < -0.4 is 10.1 Å². The number of aryl methyl sites for hydroxylation is 1. The Morgan fingerprint density at radius 1 is 1.48 bits per heavy atom. The zero-order chi connectivity index (χ0) is 17.0. The lowest BCUT2D eigenvalue weighted by molar-refractivity contribution is -0.389. The van der Waals surface area contributed by atoms with Gasteiger partial charge in [0, 0.05) is 11.6 Å². The number of benzene rings is 1. The van der Waals surface area contributed by atoms with Crippen LogP contribution in [0.4, 0.5) is 5.82 Å². The van der Waals surface area contributed by atoms with E-state index in [9.17, 15) is 14.9 Å². The van der Waals surface area contributed by atoms with Gasteiger partial charge < -0.3 is 20.2 Å². The first-order chi connectivity index (χ1) is 10.9. The zero-order valence-corrected chi connectivity index (χ0v) is 13.3. The Morgan fingerprint density at radius 3 is 2.83 bits per heavy atom. The molecule has 1 aromatic carbocycles. The summed E-state index contributed by atoms with van der Waals surface area (Å²) in [5.41, 5.74) is 0.967. The van der Waals surface area contributed by atoms with Crippen LogP contribution in [0.15, 0.2) is 24.3 Å². The van der Waals surface area contributed by atoms with Gasteiger partial charge in [0.25, 0.3) is 5.91 Å². The number of nitro groups is 1. The maximum absolute atomic E-state index is 12.2. The van der Waals surface area contributed by atoms with Crippen molar-refractivity contribution in [3.05, 3.63) is 50.7 Å². The van der Waals surface area contributed by atoms with Crippen molar-refractivity contribution in [1.29, 1.82) is 0 Å². The number of methoxy groups -OCH3 is 1. The second kappa shape index (κ2) is 7.10. The van der Waals surface area contributed by atoms with Crippen molar-refractivity contribution in [1.82, 2.24) is 15.1 Å². The third-order valence-corrected chi connectivity index (χ3v) is 3.41. The normalized spacial score (nSPS) is 10.4. The second-order valence-corrected chi connectivity index (χ2v) is 5.16. The summed E-state index contributed by atoms with van der Waals surface area (Å²) in [6.07, 6.45) is 0. The van der Waals surface area contributed by atoms with Crippen molar-refractivity contribution in [2.24, 2.45) is 0 Å². The van der Waals surface area contributed by atoms with E-state index in [4.69, 9.17) is 16.3 Å². The molecule has 8 nitrogen and oxygen atoms in total. The van der Waals surface area contributed by atoms with Gasteiger partial charge in [0.05, 0.1) is 36.1 Å². The molecule has 0 bridgehead atoms. The van der Waals surface area contributed by atoms with Crippen molar-refractivity contribution in [2.75, 3.05) is 13.7 Å². The van der Waals surface area contributed by atoms with Gasteiger partial charge in [-0.25, -0.2) is 0 Å². The quantitative estimate of drug-likeness (QED) is 0.643. The number of hydrogen-bond acceptors (Lipinski definition) is 5. The molecule has 1 heterocycles. The SMILES string of the molecule is COc1ccc(Cl)cc1C(=O)NCCn1nc([N+](=O)[O-])cc1C. The first-order valence-corrected chi connectivity index (χ1v) is 7.10. The summed E-state index contributed by atoms with van der Waals surface area (Å²) < 4.78 is 6.59. The van der Waals surface area contributed by atoms with Gasteiger partial charge in [-0.1, -0.05) is 11.6 Å². The van der Waals surface area contributed by atoms with Crippen LogP contribution in [0.2, 0.25) is 5.02 Å². The molecule has 2 rings (SSSR count). The lowest BCUT2D eigenvalue weighted by Crippen LogP contribution is -2.28. The topological polar surface area (TPSA) is 99.3 Å². The largest absolute Gasteiger partial charge is 0.496 e. The standard InChI is InChI=1S/C14H15ClN4O4/c1-9-7-13(19(21)22)17-18(9)6-5-16-14(20)11-8-10(15)3-4-12(11)23-2/h3-4,7-8H,5-6H2,1-2H3,(H,16,20). The summed E-state index contributed by atoms with van der Waals surface area (Å²) in [4.78, 5) is 22.3. The Balaban J connectivity index is 2.00. The van der Waals surface area contributed by atoms with Crippen molar-refractivity contribution in [3.8, 4) is 5.75 Å². The Bertz CT molecular complexity index is 744. The molecule has 1 N–H and O–H groups in total. The van der Waals surface area contributed by atoms with Crippen molar-refractivity contribution in [3.63, 3.8) is 0 Å². The van der Waals surface area contributed by atoms with Crippen LogP contribution in [0.1, 0.15) is 16.1 Å². The zero-order valence-electron chi connectivity index (χ0n) is 12.6. The highest BCUT2D eigenvalue weighted by Crippen LogP contribution is 2.22. The fourth-order valence-corrected chi connectivity index (χ4v) is 2.21. The van der Waals surface area contributed by atoms with Crippen LogP contribution in [-0.2, 0) is 6.54 Å². The molecule has 1 aromatic heterocycles. The minimum absolute atomic E-state index is 0.217. The van der Waals surface area contributed by atoms with Gasteiger partial charge in [-0.15, -0.1) is 0 Å². The minimum atomic E-state index is -0.557. The molecule has 2 aromatic rings. The molecular weight excluding hydrogens is 324 g/mol. The Kier molecular flexibility index (Phi) is 5.17. The van der Waals surface area contributed by atoms with Crippen LogP contribution >= 0.6 is 11.6 Å². The third kappa shape index (κ3) is 3.98. The molecule has 0 saturated heterocycles. The van der Waals surface area contributed by atoms with E-state index >= 15 is 0 Å². The van der Waals surface area contributed by atoms with Gasteiger partial charge in [0.1, 0.15) is 5.75 Å². The molecular formula is C14H15ClN4O4. The van der Waals surface area contributed by atoms with E-state index in [1.165, 1.54) is 23.9 Å². The highest BCUT2D eigenvalue weighted by atomic mass is 35.5. The molecule has 0 saturated carbocycles. The van der Waals surface area contributed by atoms with Gasteiger partial charge in [-0.3, -0.25) is 4.79 Å². The molecule has 0 aliphatic heterocycles. The summed E-state index contributed by atoms with van der Waals surface area (Å²) in [6.45, 7) is 2.28. The number of carbonyl (C=O) groups is 1. The number of carbonyl (C=O) groups excluding carboxylic acids is 1. The van der Waals surface area contributed by atoms with Crippen LogP contribution in [0.5, 0.6) is 5.75 Å². The maximum atomic E-state index is 12.2. The summed E-state index contributed by atoms with van der Waals surface area (Å²) >= 11 is 5.89. The molecule has 0 unspecified atom stereocenters. The fraction of sp³-hybridized carbons (Fsp3) is 0.286. The van der Waals surface area contributed by atoms with E-state index in [1.54, 1.807) is 19.1 Å². The average Bonchev–Trinajstić information content (AvgIpc) is 2.88. The number of nitrogens with zero attached hydrogens (tertiary/aromatic N) is 3. The highest BCUT2D eigenvalue weighted by Gasteiger charge is 2.16. The Hall–Kier alpha value is -2.61. The van der Waals surface area contributed by atoms with Gasteiger partial charge >= 0.3 is 5.82 Å². The predicted molar refractivity (Wildman–Crippen MR) is 84.0 cm³/mol. The maximum Gasteiger partial charge on any atom is 0.390 e. The monoisotopic (exact) mass is 338 g/mol. The summed E-state index contributed by atoms with van der Waals surface area (Å²) in [5, 5.41) is 17.6.